The van der Waals surface area contributed by atoms with Gasteiger partial charge in [-0.3, -0.25) is 4.79 Å². The van der Waals surface area contributed by atoms with E-state index in [2.05, 4.69) is 4.98 Å². The highest BCUT2D eigenvalue weighted by Crippen LogP contribution is 2.28. The number of para-hydroxylation sites is 1. The first-order valence-corrected chi connectivity index (χ1v) is 6.58. The van der Waals surface area contributed by atoms with E-state index in [1.807, 2.05) is 60.8 Å². The predicted octanol–water partition coefficient (Wildman–Crippen LogP) is 3.58. The molecule has 3 rings (SSSR count). The van der Waals surface area contributed by atoms with E-state index in [0.717, 1.165) is 22.0 Å². The third kappa shape index (κ3) is 2.30. The van der Waals surface area contributed by atoms with Gasteiger partial charge in [-0.15, -0.1) is 0 Å². The van der Waals surface area contributed by atoms with Gasteiger partial charge < -0.3 is 10.1 Å². The van der Waals surface area contributed by atoms with Crippen LogP contribution in [0.25, 0.3) is 10.9 Å². The Morgan fingerprint density at radius 2 is 1.75 bits per heavy atom. The smallest absolute Gasteiger partial charge is 0.311 e. The van der Waals surface area contributed by atoms with Gasteiger partial charge in [0.05, 0.1) is 5.92 Å². The molecule has 0 fully saturated rings. The van der Waals surface area contributed by atoms with Crippen molar-refractivity contribution in [3.05, 3.63) is 71.9 Å². The molecular formula is C17H15NO2. The van der Waals surface area contributed by atoms with Gasteiger partial charge in [0.15, 0.2) is 0 Å². The van der Waals surface area contributed by atoms with Crippen LogP contribution in [-0.2, 0) is 11.2 Å². The second kappa shape index (κ2) is 5.21. The molecule has 1 unspecified atom stereocenters. The zero-order chi connectivity index (χ0) is 13.9. The van der Waals surface area contributed by atoms with E-state index in [1.165, 1.54) is 0 Å². The molecule has 100 valence electrons. The minimum atomic E-state index is -0.793. The molecule has 1 aromatic heterocycles. The molecule has 0 saturated heterocycles. The van der Waals surface area contributed by atoms with E-state index in [9.17, 15) is 9.90 Å². The van der Waals surface area contributed by atoms with Crippen molar-refractivity contribution < 1.29 is 9.90 Å². The van der Waals surface area contributed by atoms with E-state index >= 15 is 0 Å². The maximum absolute atomic E-state index is 11.6. The number of aliphatic carboxylic acids is 1. The van der Waals surface area contributed by atoms with E-state index < -0.39 is 11.9 Å². The lowest BCUT2D eigenvalue weighted by Crippen LogP contribution is -2.14. The molecule has 0 spiro atoms. The van der Waals surface area contributed by atoms with Crippen LogP contribution in [-0.4, -0.2) is 16.1 Å². The zero-order valence-corrected chi connectivity index (χ0v) is 10.9. The third-order valence-corrected chi connectivity index (χ3v) is 3.58. The summed E-state index contributed by atoms with van der Waals surface area (Å²) in [5, 5.41) is 10.5. The summed E-state index contributed by atoms with van der Waals surface area (Å²) in [5.41, 5.74) is 2.85. The minimum absolute atomic E-state index is 0.498. The first-order valence-electron chi connectivity index (χ1n) is 6.58. The molecule has 3 nitrogen and oxygen atoms in total. The van der Waals surface area contributed by atoms with E-state index in [4.69, 9.17) is 0 Å². The second-order valence-corrected chi connectivity index (χ2v) is 4.87. The van der Waals surface area contributed by atoms with Crippen molar-refractivity contribution in [1.29, 1.82) is 0 Å². The first kappa shape index (κ1) is 12.5. The van der Waals surface area contributed by atoms with Gasteiger partial charge in [-0.25, -0.2) is 0 Å². The number of fused-ring (bicyclic) bond motifs is 1. The fourth-order valence-corrected chi connectivity index (χ4v) is 2.56. The summed E-state index contributed by atoms with van der Waals surface area (Å²) in [6, 6.07) is 17.5. The molecule has 0 aliphatic carbocycles. The Bertz CT molecular complexity index is 731. The summed E-state index contributed by atoms with van der Waals surface area (Å²) in [7, 11) is 0. The zero-order valence-electron chi connectivity index (χ0n) is 10.9. The first-order chi connectivity index (χ1) is 9.75. The summed E-state index contributed by atoms with van der Waals surface area (Å²) in [5.74, 6) is -1.33. The maximum atomic E-state index is 11.6. The normalized spacial score (nSPS) is 12.4. The number of H-pyrrole nitrogens is 1. The van der Waals surface area contributed by atoms with E-state index in [1.54, 1.807) is 0 Å². The summed E-state index contributed by atoms with van der Waals surface area (Å²) < 4.78 is 0. The van der Waals surface area contributed by atoms with Crippen molar-refractivity contribution in [3.63, 3.8) is 0 Å². The van der Waals surface area contributed by atoms with Gasteiger partial charge >= 0.3 is 5.97 Å². The summed E-state index contributed by atoms with van der Waals surface area (Å²) >= 11 is 0. The van der Waals surface area contributed by atoms with Gasteiger partial charge in [-0.1, -0.05) is 48.5 Å². The molecule has 0 saturated carbocycles. The Labute approximate surface area is 116 Å². The Hall–Kier alpha value is -2.55. The van der Waals surface area contributed by atoms with Crippen molar-refractivity contribution in [2.45, 2.75) is 12.3 Å². The number of carboxylic acid groups (broad SMARTS) is 1. The number of hydrogen-bond donors (Lipinski definition) is 2. The lowest BCUT2D eigenvalue weighted by Gasteiger charge is -2.11. The molecular weight excluding hydrogens is 250 g/mol. The third-order valence-electron chi connectivity index (χ3n) is 3.58. The Morgan fingerprint density at radius 1 is 1.05 bits per heavy atom. The van der Waals surface area contributed by atoms with Crippen LogP contribution in [0.5, 0.6) is 0 Å². The summed E-state index contributed by atoms with van der Waals surface area (Å²) in [6.07, 6.45) is 2.31. The number of carbonyl (C=O) groups is 1. The molecule has 0 radical (unpaired) electrons. The number of nitrogens with one attached hydrogen (secondary N) is 1. The molecule has 0 aliphatic heterocycles. The van der Waals surface area contributed by atoms with Crippen LogP contribution in [0, 0.1) is 0 Å². The van der Waals surface area contributed by atoms with Crippen LogP contribution in [0.3, 0.4) is 0 Å². The lowest BCUT2D eigenvalue weighted by molar-refractivity contribution is -0.138. The highest BCUT2D eigenvalue weighted by molar-refractivity contribution is 5.89. The maximum Gasteiger partial charge on any atom is 0.311 e. The van der Waals surface area contributed by atoms with Gasteiger partial charge in [-0.05, 0) is 23.6 Å². The molecule has 2 N–H and O–H groups in total. The van der Waals surface area contributed by atoms with Crippen molar-refractivity contribution in [2.75, 3.05) is 0 Å². The fourth-order valence-electron chi connectivity index (χ4n) is 2.56. The van der Waals surface area contributed by atoms with Crippen LogP contribution in [0.1, 0.15) is 17.0 Å². The Morgan fingerprint density at radius 3 is 2.50 bits per heavy atom. The molecule has 1 atom stereocenters. The minimum Gasteiger partial charge on any atom is -0.481 e. The number of carboxylic acids is 1. The van der Waals surface area contributed by atoms with E-state index in [0.29, 0.717) is 6.42 Å². The van der Waals surface area contributed by atoms with Gasteiger partial charge in [-0.2, -0.15) is 0 Å². The van der Waals surface area contributed by atoms with Crippen molar-refractivity contribution in [1.82, 2.24) is 4.98 Å². The molecule has 0 aliphatic rings. The van der Waals surface area contributed by atoms with Crippen molar-refractivity contribution >= 4 is 16.9 Å². The average molecular weight is 265 g/mol. The molecule has 2 aromatic carbocycles. The number of hydrogen-bond acceptors (Lipinski definition) is 1. The van der Waals surface area contributed by atoms with Crippen LogP contribution in [0.15, 0.2) is 60.8 Å². The standard InChI is InChI=1S/C17H15NO2/c19-17(20)14(10-12-6-2-1-3-7-12)15-11-18-16-9-5-4-8-13(15)16/h1-9,11,14,18H,10H2,(H,19,20). The van der Waals surface area contributed by atoms with Crippen LogP contribution in [0.2, 0.25) is 0 Å². The van der Waals surface area contributed by atoms with Gasteiger partial charge in [0.1, 0.15) is 0 Å². The number of benzene rings is 2. The molecule has 3 heteroatoms. The number of aromatic amines is 1. The van der Waals surface area contributed by atoms with Crippen LogP contribution < -0.4 is 0 Å². The van der Waals surface area contributed by atoms with Crippen LogP contribution >= 0.6 is 0 Å². The van der Waals surface area contributed by atoms with Gasteiger partial charge in [0.25, 0.3) is 0 Å². The predicted molar refractivity (Wildman–Crippen MR) is 78.8 cm³/mol. The highest BCUT2D eigenvalue weighted by Gasteiger charge is 2.23. The molecule has 20 heavy (non-hydrogen) atoms. The molecule has 0 amide bonds. The SMILES string of the molecule is O=C(O)C(Cc1ccccc1)c1c[nH]c2ccccc12. The molecule has 3 aromatic rings. The summed E-state index contributed by atoms with van der Waals surface area (Å²) in [6.45, 7) is 0. The Balaban J connectivity index is 2.01. The fraction of sp³-hybridized carbons (Fsp3) is 0.118. The molecule has 0 bridgehead atoms. The van der Waals surface area contributed by atoms with Gasteiger partial charge in [0.2, 0.25) is 0 Å². The number of rotatable bonds is 4. The quantitative estimate of drug-likeness (QED) is 0.757. The largest absolute Gasteiger partial charge is 0.481 e. The average Bonchev–Trinajstić information content (AvgIpc) is 2.89. The summed E-state index contributed by atoms with van der Waals surface area (Å²) in [4.78, 5) is 14.8. The highest BCUT2D eigenvalue weighted by atomic mass is 16.4. The monoisotopic (exact) mass is 265 g/mol. The topological polar surface area (TPSA) is 53.1 Å². The molecule has 1 heterocycles. The number of aromatic nitrogens is 1. The van der Waals surface area contributed by atoms with E-state index in [-0.39, 0.29) is 0 Å². The Kier molecular flexibility index (Phi) is 3.25. The lowest BCUT2D eigenvalue weighted by atomic mass is 9.92. The van der Waals surface area contributed by atoms with Crippen LogP contribution in [0.4, 0.5) is 0 Å². The second-order valence-electron chi connectivity index (χ2n) is 4.87. The van der Waals surface area contributed by atoms with Crippen molar-refractivity contribution in [3.8, 4) is 0 Å². The van der Waals surface area contributed by atoms with Gasteiger partial charge in [0, 0.05) is 17.1 Å². The van der Waals surface area contributed by atoms with Crippen molar-refractivity contribution in [2.24, 2.45) is 0 Å².